The Kier molecular flexibility index (Phi) is 3.84. The molecule has 2 aromatic rings. The summed E-state index contributed by atoms with van der Waals surface area (Å²) >= 11 is 0. The van der Waals surface area contributed by atoms with Crippen molar-refractivity contribution in [3.05, 3.63) is 36.4 Å². The zero-order valence-corrected chi connectivity index (χ0v) is 12.4. The molecular weight excluding hydrogens is 288 g/mol. The van der Waals surface area contributed by atoms with Gasteiger partial charge in [-0.1, -0.05) is 18.2 Å². The van der Waals surface area contributed by atoms with Crippen LogP contribution in [0.4, 0.5) is 5.69 Å². The minimum atomic E-state index is -3.53. The molecule has 0 radical (unpaired) electrons. The van der Waals surface area contributed by atoms with Gasteiger partial charge in [-0.05, 0) is 35.9 Å². The highest BCUT2D eigenvalue weighted by Gasteiger charge is 2.21. The maximum atomic E-state index is 12.5. The van der Waals surface area contributed by atoms with Crippen molar-refractivity contribution >= 4 is 26.5 Å². The number of nitrogen functional groups attached to an aromatic ring is 1. The van der Waals surface area contributed by atoms with Gasteiger partial charge < -0.3 is 10.5 Å². The van der Waals surface area contributed by atoms with E-state index in [1.165, 1.54) is 0 Å². The third kappa shape index (κ3) is 3.02. The monoisotopic (exact) mass is 306 g/mol. The van der Waals surface area contributed by atoms with Crippen LogP contribution in [0.15, 0.2) is 41.3 Å². The number of fused-ring (bicyclic) bond motifs is 1. The third-order valence-corrected chi connectivity index (χ3v) is 5.22. The van der Waals surface area contributed by atoms with E-state index in [-0.39, 0.29) is 5.92 Å². The highest BCUT2D eigenvalue weighted by Crippen LogP contribution is 2.25. The van der Waals surface area contributed by atoms with E-state index in [0.717, 1.165) is 11.8 Å². The van der Waals surface area contributed by atoms with E-state index in [2.05, 4.69) is 4.72 Å². The first-order valence-corrected chi connectivity index (χ1v) is 8.40. The molecule has 0 aliphatic carbocycles. The molecule has 21 heavy (non-hydrogen) atoms. The van der Waals surface area contributed by atoms with Gasteiger partial charge in [0.15, 0.2) is 0 Å². The summed E-state index contributed by atoms with van der Waals surface area (Å²) < 4.78 is 33.0. The van der Waals surface area contributed by atoms with Crippen molar-refractivity contribution in [1.29, 1.82) is 0 Å². The molecule has 3 N–H and O–H groups in total. The van der Waals surface area contributed by atoms with Crippen LogP contribution in [0, 0.1) is 5.92 Å². The first-order chi connectivity index (χ1) is 10.1. The molecule has 1 unspecified atom stereocenters. The van der Waals surface area contributed by atoms with Crippen LogP contribution in [-0.2, 0) is 14.8 Å². The van der Waals surface area contributed by atoms with Crippen LogP contribution in [0.1, 0.15) is 6.42 Å². The Labute approximate surface area is 124 Å². The number of rotatable bonds is 4. The van der Waals surface area contributed by atoms with Crippen molar-refractivity contribution in [2.45, 2.75) is 11.3 Å². The second-order valence-corrected chi connectivity index (χ2v) is 7.05. The Morgan fingerprint density at radius 1 is 1.29 bits per heavy atom. The van der Waals surface area contributed by atoms with Crippen molar-refractivity contribution in [3.63, 3.8) is 0 Å². The topological polar surface area (TPSA) is 81.4 Å². The van der Waals surface area contributed by atoms with Gasteiger partial charge >= 0.3 is 0 Å². The van der Waals surface area contributed by atoms with E-state index in [0.29, 0.717) is 35.7 Å². The van der Waals surface area contributed by atoms with Gasteiger partial charge in [0.25, 0.3) is 0 Å². The molecule has 0 amide bonds. The van der Waals surface area contributed by atoms with E-state index in [9.17, 15) is 8.42 Å². The molecule has 6 heteroatoms. The Morgan fingerprint density at radius 2 is 2.14 bits per heavy atom. The van der Waals surface area contributed by atoms with Gasteiger partial charge in [0.05, 0.1) is 11.5 Å². The first kappa shape index (κ1) is 14.3. The zero-order valence-electron chi connectivity index (χ0n) is 11.6. The predicted octanol–water partition coefficient (Wildman–Crippen LogP) is 1.74. The molecule has 1 fully saturated rings. The molecule has 0 bridgehead atoms. The van der Waals surface area contributed by atoms with Gasteiger partial charge in [-0.15, -0.1) is 0 Å². The van der Waals surface area contributed by atoms with E-state index < -0.39 is 10.0 Å². The minimum absolute atomic E-state index is 0.255. The fourth-order valence-electron chi connectivity index (χ4n) is 2.56. The van der Waals surface area contributed by atoms with E-state index in [4.69, 9.17) is 10.5 Å². The fraction of sp³-hybridized carbons (Fsp3) is 0.333. The second kappa shape index (κ2) is 5.63. The number of hydrogen-bond donors (Lipinski definition) is 2. The number of nitrogens with one attached hydrogen (secondary N) is 1. The van der Waals surface area contributed by atoms with Gasteiger partial charge in [0, 0.05) is 24.2 Å². The molecule has 5 nitrogen and oxygen atoms in total. The van der Waals surface area contributed by atoms with Crippen LogP contribution in [-0.4, -0.2) is 28.2 Å². The van der Waals surface area contributed by atoms with Gasteiger partial charge in [-0.3, -0.25) is 0 Å². The third-order valence-electron chi connectivity index (χ3n) is 3.74. The summed E-state index contributed by atoms with van der Waals surface area (Å²) in [6.45, 7) is 1.74. The zero-order chi connectivity index (χ0) is 14.9. The van der Waals surface area contributed by atoms with Gasteiger partial charge in [-0.25, -0.2) is 13.1 Å². The minimum Gasteiger partial charge on any atom is -0.399 e. The molecule has 0 saturated carbocycles. The molecule has 112 valence electrons. The Bertz CT molecular complexity index is 753. The van der Waals surface area contributed by atoms with Crippen LogP contribution in [0.5, 0.6) is 0 Å². The molecule has 0 spiro atoms. The van der Waals surface area contributed by atoms with Crippen LogP contribution in [0.2, 0.25) is 0 Å². The van der Waals surface area contributed by atoms with Crippen LogP contribution in [0.25, 0.3) is 10.8 Å². The SMILES string of the molecule is Nc1ccc2c(S(=O)(=O)NCC3CCOC3)cccc2c1. The summed E-state index contributed by atoms with van der Waals surface area (Å²) in [5, 5.41) is 1.50. The fourth-order valence-corrected chi connectivity index (χ4v) is 3.90. The van der Waals surface area contributed by atoms with Crippen molar-refractivity contribution < 1.29 is 13.2 Å². The van der Waals surface area contributed by atoms with Gasteiger partial charge in [0.1, 0.15) is 0 Å². The Morgan fingerprint density at radius 3 is 2.90 bits per heavy atom. The highest BCUT2D eigenvalue weighted by molar-refractivity contribution is 7.89. The van der Waals surface area contributed by atoms with E-state index in [1.807, 2.05) is 6.07 Å². The standard InChI is InChI=1S/C15H18N2O3S/c16-13-4-5-14-12(8-13)2-1-3-15(14)21(18,19)17-9-11-6-7-20-10-11/h1-5,8,11,17H,6-7,9-10,16H2. The lowest BCUT2D eigenvalue weighted by Crippen LogP contribution is -2.29. The number of hydrogen-bond acceptors (Lipinski definition) is 4. The molecule has 1 atom stereocenters. The normalized spacial score (nSPS) is 19.1. The molecular formula is C15H18N2O3S. The summed E-state index contributed by atoms with van der Waals surface area (Å²) in [4.78, 5) is 0.291. The number of anilines is 1. The average Bonchev–Trinajstić information content (AvgIpc) is 2.97. The summed E-state index contributed by atoms with van der Waals surface area (Å²) in [6, 6.07) is 10.4. The second-order valence-electron chi connectivity index (χ2n) is 5.32. The van der Waals surface area contributed by atoms with E-state index >= 15 is 0 Å². The smallest absolute Gasteiger partial charge is 0.241 e. The molecule has 1 heterocycles. The lowest BCUT2D eigenvalue weighted by molar-refractivity contribution is 0.186. The maximum Gasteiger partial charge on any atom is 0.241 e. The molecule has 1 saturated heterocycles. The Balaban J connectivity index is 1.91. The summed E-state index contributed by atoms with van der Waals surface area (Å²) in [5.74, 6) is 0.255. The van der Waals surface area contributed by atoms with Crippen molar-refractivity contribution in [2.24, 2.45) is 5.92 Å². The molecule has 0 aromatic heterocycles. The van der Waals surface area contributed by atoms with Crippen LogP contribution < -0.4 is 10.5 Å². The molecule has 1 aliphatic heterocycles. The quantitative estimate of drug-likeness (QED) is 0.843. The molecule has 3 rings (SSSR count). The molecule has 1 aliphatic rings. The predicted molar refractivity (Wildman–Crippen MR) is 82.5 cm³/mol. The molecule has 2 aromatic carbocycles. The Hall–Kier alpha value is -1.63. The largest absolute Gasteiger partial charge is 0.399 e. The number of sulfonamides is 1. The highest BCUT2D eigenvalue weighted by atomic mass is 32.2. The number of ether oxygens (including phenoxy) is 1. The van der Waals surface area contributed by atoms with Crippen LogP contribution >= 0.6 is 0 Å². The maximum absolute atomic E-state index is 12.5. The summed E-state index contributed by atoms with van der Waals surface area (Å²) in [5.41, 5.74) is 6.36. The summed E-state index contributed by atoms with van der Waals surface area (Å²) in [6.07, 6.45) is 0.897. The van der Waals surface area contributed by atoms with Gasteiger partial charge in [-0.2, -0.15) is 0 Å². The number of nitrogens with two attached hydrogens (primary N) is 1. The van der Waals surface area contributed by atoms with Crippen LogP contribution in [0.3, 0.4) is 0 Å². The first-order valence-electron chi connectivity index (χ1n) is 6.92. The summed E-state index contributed by atoms with van der Waals surface area (Å²) in [7, 11) is -3.53. The van der Waals surface area contributed by atoms with Gasteiger partial charge in [0.2, 0.25) is 10.0 Å². The lowest BCUT2D eigenvalue weighted by Gasteiger charge is -2.12. The van der Waals surface area contributed by atoms with Crippen molar-refractivity contribution in [1.82, 2.24) is 4.72 Å². The lowest BCUT2D eigenvalue weighted by atomic mass is 10.1. The number of benzene rings is 2. The van der Waals surface area contributed by atoms with E-state index in [1.54, 1.807) is 30.3 Å². The van der Waals surface area contributed by atoms with Crippen molar-refractivity contribution in [2.75, 3.05) is 25.5 Å². The van der Waals surface area contributed by atoms with Crippen molar-refractivity contribution in [3.8, 4) is 0 Å². The average molecular weight is 306 g/mol.